The number of rotatable bonds is 8. The van der Waals surface area contributed by atoms with Gasteiger partial charge in [-0.25, -0.2) is 9.18 Å². The Labute approximate surface area is 197 Å². The molecule has 0 aliphatic rings. The largest absolute Gasteiger partial charge is 0.356 e. The highest BCUT2D eigenvalue weighted by Crippen LogP contribution is 2.17. The maximum absolute atomic E-state index is 14.2. The second-order valence-corrected chi connectivity index (χ2v) is 8.88. The lowest BCUT2D eigenvalue weighted by Crippen LogP contribution is -2.41. The van der Waals surface area contributed by atoms with Gasteiger partial charge in [0.25, 0.3) is 5.56 Å². The number of nitrogens with one attached hydrogen (secondary N) is 1. The fourth-order valence-electron chi connectivity index (χ4n) is 3.58. The first-order valence-electron chi connectivity index (χ1n) is 10.4. The van der Waals surface area contributed by atoms with Crippen LogP contribution in [0.4, 0.5) is 4.39 Å². The van der Waals surface area contributed by atoms with Gasteiger partial charge in [-0.3, -0.25) is 18.7 Å². The molecule has 2 heterocycles. The molecule has 6 nitrogen and oxygen atoms in total. The van der Waals surface area contributed by atoms with Crippen molar-refractivity contribution in [3.8, 4) is 0 Å². The summed E-state index contributed by atoms with van der Waals surface area (Å²) in [6.07, 6.45) is 0.617. The maximum Gasteiger partial charge on any atom is 0.331 e. The molecule has 1 N–H and O–H groups in total. The average molecular weight is 486 g/mol. The number of aromatic nitrogens is 2. The molecule has 0 saturated heterocycles. The molecule has 0 atom stereocenters. The third kappa shape index (κ3) is 5.23. The highest BCUT2D eigenvalue weighted by Gasteiger charge is 2.16. The van der Waals surface area contributed by atoms with Gasteiger partial charge in [-0.05, 0) is 41.6 Å². The van der Waals surface area contributed by atoms with E-state index in [9.17, 15) is 18.8 Å². The topological polar surface area (TPSA) is 73.1 Å². The number of thiophene rings is 1. The normalized spacial score (nSPS) is 11.1. The molecular weight excluding hydrogens is 465 g/mol. The number of hydrogen-bond acceptors (Lipinski definition) is 4. The summed E-state index contributed by atoms with van der Waals surface area (Å²) in [5.74, 6) is -0.687. The van der Waals surface area contributed by atoms with Crippen molar-refractivity contribution in [2.24, 2.45) is 0 Å². The summed E-state index contributed by atoms with van der Waals surface area (Å²) >= 11 is 7.09. The van der Waals surface area contributed by atoms with Crippen LogP contribution in [0.3, 0.4) is 0 Å². The molecule has 0 bridgehead atoms. The van der Waals surface area contributed by atoms with Crippen molar-refractivity contribution < 1.29 is 9.18 Å². The fraction of sp³-hybridized carbons (Fsp3) is 0.208. The molecule has 0 aliphatic carbocycles. The molecule has 2 aromatic heterocycles. The lowest BCUT2D eigenvalue weighted by Gasteiger charge is -2.13. The SMILES string of the molecule is O=C(CCn1c(=O)c2sccc2n(Cc2ccccc2F)c1=O)NCCc1ccc(Cl)cc1. The van der Waals surface area contributed by atoms with E-state index in [0.717, 1.165) is 10.1 Å². The number of carbonyl (C=O) groups excluding carboxylic acids is 1. The minimum Gasteiger partial charge on any atom is -0.356 e. The molecule has 0 spiro atoms. The predicted molar refractivity (Wildman–Crippen MR) is 129 cm³/mol. The quantitative estimate of drug-likeness (QED) is 0.412. The van der Waals surface area contributed by atoms with Crippen molar-refractivity contribution in [1.29, 1.82) is 0 Å². The molecule has 9 heteroatoms. The molecule has 0 saturated carbocycles. The van der Waals surface area contributed by atoms with Crippen LogP contribution in [-0.2, 0) is 24.3 Å². The zero-order valence-electron chi connectivity index (χ0n) is 17.6. The molecular formula is C24H21ClFN3O3S. The standard InChI is InChI=1S/C24H21ClFN3O3S/c25-18-7-5-16(6-8-18)9-12-27-21(30)10-13-28-23(31)22-20(11-14-33-22)29(24(28)32)15-17-3-1-2-4-19(17)26/h1-8,11,14H,9-10,12-13,15H2,(H,27,30). The molecule has 0 fully saturated rings. The Balaban J connectivity index is 1.49. The van der Waals surface area contributed by atoms with E-state index in [-0.39, 0.29) is 25.4 Å². The van der Waals surface area contributed by atoms with Gasteiger partial charge in [-0.15, -0.1) is 11.3 Å². The van der Waals surface area contributed by atoms with E-state index in [1.54, 1.807) is 41.8 Å². The zero-order valence-corrected chi connectivity index (χ0v) is 19.2. The first-order chi connectivity index (χ1) is 15.9. The lowest BCUT2D eigenvalue weighted by molar-refractivity contribution is -0.121. The minimum absolute atomic E-state index is 0.00763. The maximum atomic E-state index is 14.2. The number of carbonyl (C=O) groups is 1. The third-order valence-electron chi connectivity index (χ3n) is 5.33. The van der Waals surface area contributed by atoms with Crippen LogP contribution in [0.2, 0.25) is 5.02 Å². The first kappa shape index (κ1) is 22.9. The average Bonchev–Trinajstić information content (AvgIpc) is 3.29. The van der Waals surface area contributed by atoms with Gasteiger partial charge in [0.1, 0.15) is 10.5 Å². The summed E-state index contributed by atoms with van der Waals surface area (Å²) < 4.78 is 17.0. The Bertz CT molecular complexity index is 1410. The van der Waals surface area contributed by atoms with Gasteiger partial charge >= 0.3 is 5.69 Å². The van der Waals surface area contributed by atoms with Gasteiger partial charge in [0, 0.05) is 30.1 Å². The van der Waals surface area contributed by atoms with E-state index >= 15 is 0 Å². The summed E-state index contributed by atoms with van der Waals surface area (Å²) in [7, 11) is 0. The van der Waals surface area contributed by atoms with Gasteiger partial charge in [-0.1, -0.05) is 41.9 Å². The van der Waals surface area contributed by atoms with Crippen LogP contribution in [0, 0.1) is 5.82 Å². The third-order valence-corrected chi connectivity index (χ3v) is 6.48. The number of nitrogens with zero attached hydrogens (tertiary/aromatic N) is 2. The van der Waals surface area contributed by atoms with Crippen molar-refractivity contribution in [2.75, 3.05) is 6.54 Å². The van der Waals surface area contributed by atoms with E-state index in [4.69, 9.17) is 11.6 Å². The van der Waals surface area contributed by atoms with Crippen molar-refractivity contribution in [3.63, 3.8) is 0 Å². The number of benzene rings is 2. The Hall–Kier alpha value is -3.23. The predicted octanol–water partition coefficient (Wildman–Crippen LogP) is 3.81. The second-order valence-electron chi connectivity index (χ2n) is 7.53. The van der Waals surface area contributed by atoms with Gasteiger partial charge in [0.05, 0.1) is 12.1 Å². The minimum atomic E-state index is -0.567. The van der Waals surface area contributed by atoms with E-state index in [2.05, 4.69) is 5.32 Å². The van der Waals surface area contributed by atoms with Crippen LogP contribution >= 0.6 is 22.9 Å². The summed E-state index contributed by atoms with van der Waals surface area (Å²) in [6.45, 7) is 0.360. The van der Waals surface area contributed by atoms with Crippen molar-refractivity contribution >= 4 is 39.1 Å². The van der Waals surface area contributed by atoms with E-state index in [1.807, 2.05) is 12.1 Å². The fourth-order valence-corrected chi connectivity index (χ4v) is 4.55. The van der Waals surface area contributed by atoms with E-state index in [0.29, 0.717) is 33.8 Å². The van der Waals surface area contributed by atoms with Crippen LogP contribution in [0.5, 0.6) is 0 Å². The Morgan fingerprint density at radius 2 is 1.79 bits per heavy atom. The summed E-state index contributed by atoms with van der Waals surface area (Å²) in [5.41, 5.74) is 0.834. The van der Waals surface area contributed by atoms with E-state index in [1.165, 1.54) is 22.0 Å². The Morgan fingerprint density at radius 1 is 1.03 bits per heavy atom. The molecule has 4 aromatic rings. The highest BCUT2D eigenvalue weighted by atomic mass is 35.5. The molecule has 4 rings (SSSR count). The molecule has 0 unspecified atom stereocenters. The molecule has 33 heavy (non-hydrogen) atoms. The Morgan fingerprint density at radius 3 is 2.55 bits per heavy atom. The first-order valence-corrected chi connectivity index (χ1v) is 11.6. The van der Waals surface area contributed by atoms with Crippen LogP contribution in [-0.4, -0.2) is 21.6 Å². The summed E-state index contributed by atoms with van der Waals surface area (Å²) in [5, 5.41) is 5.17. The monoisotopic (exact) mass is 485 g/mol. The number of fused-ring (bicyclic) bond motifs is 1. The molecule has 2 aromatic carbocycles. The van der Waals surface area contributed by atoms with Gasteiger partial charge in [0.15, 0.2) is 0 Å². The van der Waals surface area contributed by atoms with Crippen LogP contribution in [0.1, 0.15) is 17.5 Å². The number of halogens is 2. The summed E-state index contributed by atoms with van der Waals surface area (Å²) in [6, 6.07) is 15.2. The van der Waals surface area contributed by atoms with Crippen molar-refractivity contribution in [3.05, 3.63) is 103 Å². The summed E-state index contributed by atoms with van der Waals surface area (Å²) in [4.78, 5) is 38.3. The van der Waals surface area contributed by atoms with Gasteiger partial charge < -0.3 is 5.32 Å². The number of hydrogen-bond donors (Lipinski definition) is 1. The van der Waals surface area contributed by atoms with Crippen molar-refractivity contribution in [1.82, 2.24) is 14.5 Å². The zero-order chi connectivity index (χ0) is 23.4. The van der Waals surface area contributed by atoms with Gasteiger partial charge in [-0.2, -0.15) is 0 Å². The second kappa shape index (κ2) is 10.1. The highest BCUT2D eigenvalue weighted by molar-refractivity contribution is 7.17. The van der Waals surface area contributed by atoms with E-state index < -0.39 is 17.1 Å². The smallest absolute Gasteiger partial charge is 0.331 e. The molecule has 1 amide bonds. The lowest BCUT2D eigenvalue weighted by atomic mass is 10.1. The van der Waals surface area contributed by atoms with Gasteiger partial charge in [0.2, 0.25) is 5.91 Å². The number of amides is 1. The van der Waals surface area contributed by atoms with Crippen LogP contribution in [0.25, 0.3) is 10.2 Å². The molecule has 0 aliphatic heterocycles. The molecule has 170 valence electrons. The van der Waals surface area contributed by atoms with Crippen molar-refractivity contribution in [2.45, 2.75) is 25.9 Å². The molecule has 0 radical (unpaired) electrons. The van der Waals surface area contributed by atoms with Crippen LogP contribution in [0.15, 0.2) is 69.6 Å². The van der Waals surface area contributed by atoms with Crippen LogP contribution < -0.4 is 16.6 Å². The Kier molecular flexibility index (Phi) is 7.05.